The number of likely N-dealkylation sites (tertiary alicyclic amines) is 1. The third kappa shape index (κ3) is 2.70. The molecule has 112 valence electrons. The molecule has 0 saturated carbocycles. The number of imide groups is 2. The highest BCUT2D eigenvalue weighted by Crippen LogP contribution is 2.24. The second kappa shape index (κ2) is 5.91. The number of piperidine rings is 1. The van der Waals surface area contributed by atoms with Gasteiger partial charge in [0, 0.05) is 6.54 Å². The molecule has 0 aromatic rings. The van der Waals surface area contributed by atoms with E-state index in [1.165, 1.54) is 4.90 Å². The van der Waals surface area contributed by atoms with Crippen molar-refractivity contribution in [2.75, 3.05) is 19.6 Å². The summed E-state index contributed by atoms with van der Waals surface area (Å²) in [7, 11) is 0. The summed E-state index contributed by atoms with van der Waals surface area (Å²) < 4.78 is 0. The van der Waals surface area contributed by atoms with Gasteiger partial charge < -0.3 is 4.90 Å². The number of nitrogens with zero attached hydrogens (tertiary/aromatic N) is 2. The van der Waals surface area contributed by atoms with Gasteiger partial charge in [-0.05, 0) is 31.8 Å². The Bertz CT molecular complexity index is 422. The molecule has 2 aliphatic heterocycles. The Balaban J connectivity index is 2.18. The molecule has 0 aromatic heterocycles. The summed E-state index contributed by atoms with van der Waals surface area (Å²) in [6.45, 7) is 8.34. The molecule has 20 heavy (non-hydrogen) atoms. The van der Waals surface area contributed by atoms with Crippen molar-refractivity contribution in [3.8, 4) is 0 Å². The maximum Gasteiger partial charge on any atom is 0.331 e. The standard InChI is InChI=1S/C14H23N3O3/c1-4-16-7-5-6-10(8-16)17-13(19)11(9(2)3)12(18)15-14(17)20/h9-11H,4-8H2,1-3H3,(H,15,18,20). The van der Waals surface area contributed by atoms with Gasteiger partial charge in [-0.3, -0.25) is 19.8 Å². The average Bonchev–Trinajstić information content (AvgIpc) is 2.37. The SMILES string of the molecule is CCN1CCCC(N2C(=O)NC(=O)C(C(C)C)C2=O)C1. The molecule has 0 aromatic carbocycles. The highest BCUT2D eigenvalue weighted by atomic mass is 16.2. The van der Waals surface area contributed by atoms with Crippen LogP contribution in [-0.4, -0.2) is 53.3 Å². The average molecular weight is 281 g/mol. The fourth-order valence-electron chi connectivity index (χ4n) is 3.07. The summed E-state index contributed by atoms with van der Waals surface area (Å²) >= 11 is 0. The van der Waals surface area contributed by atoms with Gasteiger partial charge >= 0.3 is 6.03 Å². The molecule has 2 unspecified atom stereocenters. The van der Waals surface area contributed by atoms with E-state index in [0.29, 0.717) is 6.54 Å². The maximum atomic E-state index is 12.5. The number of nitrogens with one attached hydrogen (secondary N) is 1. The number of likely N-dealkylation sites (N-methyl/N-ethyl adjacent to an activating group) is 1. The number of urea groups is 1. The molecular formula is C14H23N3O3. The molecular weight excluding hydrogens is 258 g/mol. The van der Waals surface area contributed by atoms with Gasteiger partial charge in [0.25, 0.3) is 0 Å². The Labute approximate surface area is 119 Å². The predicted octanol–water partition coefficient (Wildman–Crippen LogP) is 0.821. The third-order valence-electron chi connectivity index (χ3n) is 4.19. The highest BCUT2D eigenvalue weighted by Gasteiger charge is 2.45. The minimum Gasteiger partial charge on any atom is -0.302 e. The first kappa shape index (κ1) is 15.0. The van der Waals surface area contributed by atoms with E-state index in [-0.39, 0.29) is 17.9 Å². The van der Waals surface area contributed by atoms with Crippen molar-refractivity contribution in [3.63, 3.8) is 0 Å². The zero-order valence-corrected chi connectivity index (χ0v) is 12.4. The second-order valence-corrected chi connectivity index (χ2v) is 5.91. The Morgan fingerprint density at radius 2 is 2.00 bits per heavy atom. The van der Waals surface area contributed by atoms with Crippen LogP contribution in [-0.2, 0) is 9.59 Å². The van der Waals surface area contributed by atoms with Gasteiger partial charge in [0.1, 0.15) is 5.92 Å². The summed E-state index contributed by atoms with van der Waals surface area (Å²) in [5, 5.41) is 2.33. The second-order valence-electron chi connectivity index (χ2n) is 5.91. The van der Waals surface area contributed by atoms with Gasteiger partial charge in [0.15, 0.2) is 0 Å². The van der Waals surface area contributed by atoms with Gasteiger partial charge in [-0.2, -0.15) is 0 Å². The molecule has 4 amide bonds. The number of hydrogen-bond acceptors (Lipinski definition) is 4. The zero-order chi connectivity index (χ0) is 14.9. The van der Waals surface area contributed by atoms with E-state index in [9.17, 15) is 14.4 Å². The van der Waals surface area contributed by atoms with Crippen LogP contribution in [0.3, 0.4) is 0 Å². The van der Waals surface area contributed by atoms with Crippen molar-refractivity contribution in [3.05, 3.63) is 0 Å². The lowest BCUT2D eigenvalue weighted by Gasteiger charge is -2.41. The van der Waals surface area contributed by atoms with Crippen molar-refractivity contribution >= 4 is 17.8 Å². The quantitative estimate of drug-likeness (QED) is 0.778. The Morgan fingerprint density at radius 1 is 1.30 bits per heavy atom. The van der Waals surface area contributed by atoms with Crippen molar-refractivity contribution < 1.29 is 14.4 Å². The summed E-state index contributed by atoms with van der Waals surface area (Å²) in [6.07, 6.45) is 1.78. The lowest BCUT2D eigenvalue weighted by Crippen LogP contribution is -2.64. The van der Waals surface area contributed by atoms with Crippen molar-refractivity contribution in [2.45, 2.75) is 39.7 Å². The normalized spacial score (nSPS) is 29.0. The zero-order valence-electron chi connectivity index (χ0n) is 12.4. The summed E-state index contributed by atoms with van der Waals surface area (Å²) in [5.41, 5.74) is 0. The van der Waals surface area contributed by atoms with Crippen molar-refractivity contribution in [1.82, 2.24) is 15.1 Å². The van der Waals surface area contributed by atoms with Crippen LogP contribution < -0.4 is 5.32 Å². The largest absolute Gasteiger partial charge is 0.331 e. The van der Waals surface area contributed by atoms with Crippen LogP contribution in [0, 0.1) is 11.8 Å². The Kier molecular flexibility index (Phi) is 4.42. The van der Waals surface area contributed by atoms with E-state index >= 15 is 0 Å². The lowest BCUT2D eigenvalue weighted by atomic mass is 9.90. The van der Waals surface area contributed by atoms with E-state index in [4.69, 9.17) is 0 Å². The number of hydrogen-bond donors (Lipinski definition) is 1. The molecule has 2 saturated heterocycles. The first-order valence-electron chi connectivity index (χ1n) is 7.36. The van der Waals surface area contributed by atoms with Gasteiger partial charge in [-0.15, -0.1) is 0 Å². The fraction of sp³-hybridized carbons (Fsp3) is 0.786. The summed E-state index contributed by atoms with van der Waals surface area (Å²) in [4.78, 5) is 39.9. The van der Waals surface area contributed by atoms with Crippen LogP contribution in [0.2, 0.25) is 0 Å². The Hall–Kier alpha value is -1.43. The van der Waals surface area contributed by atoms with Crippen LogP contribution >= 0.6 is 0 Å². The molecule has 2 aliphatic rings. The van der Waals surface area contributed by atoms with E-state index in [1.54, 1.807) is 0 Å². The molecule has 2 atom stereocenters. The summed E-state index contributed by atoms with van der Waals surface area (Å²) in [5.74, 6) is -1.65. The Morgan fingerprint density at radius 3 is 2.60 bits per heavy atom. The third-order valence-corrected chi connectivity index (χ3v) is 4.19. The maximum absolute atomic E-state index is 12.5. The number of carbonyl (C=O) groups is 3. The molecule has 0 aliphatic carbocycles. The smallest absolute Gasteiger partial charge is 0.302 e. The van der Waals surface area contributed by atoms with Crippen LogP contribution in [0.1, 0.15) is 33.6 Å². The van der Waals surface area contributed by atoms with Crippen LogP contribution in [0.5, 0.6) is 0 Å². The molecule has 2 heterocycles. The molecule has 2 fully saturated rings. The van der Waals surface area contributed by atoms with E-state index in [0.717, 1.165) is 25.9 Å². The molecule has 0 radical (unpaired) electrons. The first-order valence-corrected chi connectivity index (χ1v) is 7.36. The predicted molar refractivity (Wildman–Crippen MR) is 73.8 cm³/mol. The van der Waals surface area contributed by atoms with Gasteiger partial charge in [0.05, 0.1) is 6.04 Å². The van der Waals surface area contributed by atoms with Crippen LogP contribution in [0.15, 0.2) is 0 Å². The summed E-state index contributed by atoms with van der Waals surface area (Å²) in [6, 6.07) is -0.676. The number of amides is 4. The molecule has 0 bridgehead atoms. The van der Waals surface area contributed by atoms with Crippen molar-refractivity contribution in [1.29, 1.82) is 0 Å². The molecule has 6 nitrogen and oxygen atoms in total. The topological polar surface area (TPSA) is 69.7 Å². The minimum absolute atomic E-state index is 0.107. The molecule has 6 heteroatoms. The van der Waals surface area contributed by atoms with E-state index in [2.05, 4.69) is 17.1 Å². The van der Waals surface area contributed by atoms with Gasteiger partial charge in [-0.1, -0.05) is 20.8 Å². The number of rotatable bonds is 3. The van der Waals surface area contributed by atoms with Gasteiger partial charge in [0.2, 0.25) is 11.8 Å². The van der Waals surface area contributed by atoms with E-state index in [1.807, 2.05) is 13.8 Å². The minimum atomic E-state index is -0.746. The van der Waals surface area contributed by atoms with Crippen molar-refractivity contribution in [2.24, 2.45) is 11.8 Å². The molecule has 2 rings (SSSR count). The van der Waals surface area contributed by atoms with Crippen LogP contribution in [0.4, 0.5) is 4.79 Å². The first-order chi connectivity index (χ1) is 9.45. The monoisotopic (exact) mass is 281 g/mol. The number of carbonyl (C=O) groups excluding carboxylic acids is 3. The molecule has 0 spiro atoms. The fourth-order valence-corrected chi connectivity index (χ4v) is 3.07. The molecule has 1 N–H and O–H groups in total. The number of barbiturate groups is 1. The highest BCUT2D eigenvalue weighted by molar-refractivity contribution is 6.16. The van der Waals surface area contributed by atoms with E-state index < -0.39 is 17.9 Å². The lowest BCUT2D eigenvalue weighted by molar-refractivity contribution is -0.146. The van der Waals surface area contributed by atoms with Crippen LogP contribution in [0.25, 0.3) is 0 Å². The van der Waals surface area contributed by atoms with Gasteiger partial charge in [-0.25, -0.2) is 4.79 Å².